The molecule has 0 bridgehead atoms. The second kappa shape index (κ2) is 5.49. The van der Waals surface area contributed by atoms with Crippen LogP contribution in [0.15, 0.2) is 0 Å². The van der Waals surface area contributed by atoms with Gasteiger partial charge in [-0.3, -0.25) is 9.59 Å². The van der Waals surface area contributed by atoms with Gasteiger partial charge in [-0.05, 0) is 31.8 Å². The lowest BCUT2D eigenvalue weighted by Gasteiger charge is -2.45. The first-order valence-electron chi connectivity index (χ1n) is 7.13. The molecule has 2 heterocycles. The standard InChI is InChI=1S/C14H24N2O3/c1-14(2,11-4-3-5-15-7-11)13(19)16-8-10(9-16)6-12(17)18/h10-11,15H,3-9H2,1-2H3,(H,17,18). The third-order valence-electron chi connectivity index (χ3n) is 4.58. The molecule has 108 valence electrons. The first-order valence-corrected chi connectivity index (χ1v) is 7.13. The quantitative estimate of drug-likeness (QED) is 0.796. The van der Waals surface area contributed by atoms with Crippen molar-refractivity contribution < 1.29 is 14.7 Å². The van der Waals surface area contributed by atoms with Gasteiger partial charge in [-0.2, -0.15) is 0 Å². The maximum absolute atomic E-state index is 12.5. The molecular formula is C14H24N2O3. The zero-order valence-electron chi connectivity index (χ0n) is 11.8. The Morgan fingerprint density at radius 1 is 1.37 bits per heavy atom. The van der Waals surface area contributed by atoms with Gasteiger partial charge >= 0.3 is 5.97 Å². The van der Waals surface area contributed by atoms with Crippen molar-refractivity contribution >= 4 is 11.9 Å². The topological polar surface area (TPSA) is 69.6 Å². The lowest BCUT2D eigenvalue weighted by atomic mass is 9.73. The molecule has 0 aromatic rings. The Labute approximate surface area is 114 Å². The summed E-state index contributed by atoms with van der Waals surface area (Å²) in [6.45, 7) is 7.22. The predicted octanol–water partition coefficient (Wildman–Crippen LogP) is 0.945. The number of carboxylic acids is 1. The highest BCUT2D eigenvalue weighted by Gasteiger charge is 2.43. The summed E-state index contributed by atoms with van der Waals surface area (Å²) in [5.74, 6) is -0.0651. The largest absolute Gasteiger partial charge is 0.481 e. The minimum Gasteiger partial charge on any atom is -0.481 e. The molecule has 2 aliphatic heterocycles. The lowest BCUT2D eigenvalue weighted by Crippen LogP contribution is -2.57. The van der Waals surface area contributed by atoms with Crippen molar-refractivity contribution in [1.82, 2.24) is 10.2 Å². The van der Waals surface area contributed by atoms with E-state index in [2.05, 4.69) is 5.32 Å². The average Bonchev–Trinajstić information content (AvgIpc) is 2.33. The zero-order valence-corrected chi connectivity index (χ0v) is 11.8. The number of piperidine rings is 1. The van der Waals surface area contributed by atoms with Gasteiger partial charge in [-0.15, -0.1) is 0 Å². The first-order chi connectivity index (χ1) is 8.91. The molecule has 0 aliphatic carbocycles. The van der Waals surface area contributed by atoms with Gasteiger partial charge < -0.3 is 15.3 Å². The van der Waals surface area contributed by atoms with Crippen LogP contribution in [-0.4, -0.2) is 48.1 Å². The molecule has 2 N–H and O–H groups in total. The van der Waals surface area contributed by atoms with Crippen LogP contribution < -0.4 is 5.32 Å². The molecule has 2 fully saturated rings. The summed E-state index contributed by atoms with van der Waals surface area (Å²) < 4.78 is 0. The smallest absolute Gasteiger partial charge is 0.303 e. The van der Waals surface area contributed by atoms with Crippen LogP contribution in [0, 0.1) is 17.3 Å². The van der Waals surface area contributed by atoms with Crippen molar-refractivity contribution in [1.29, 1.82) is 0 Å². The van der Waals surface area contributed by atoms with E-state index in [4.69, 9.17) is 5.11 Å². The molecule has 0 radical (unpaired) electrons. The van der Waals surface area contributed by atoms with E-state index in [1.165, 1.54) is 0 Å². The Bertz CT molecular complexity index is 356. The van der Waals surface area contributed by atoms with Crippen LogP contribution in [0.3, 0.4) is 0 Å². The van der Waals surface area contributed by atoms with Crippen LogP contribution in [0.5, 0.6) is 0 Å². The van der Waals surface area contributed by atoms with Crippen molar-refractivity contribution in [2.24, 2.45) is 17.3 Å². The second-order valence-corrected chi connectivity index (χ2v) is 6.44. The van der Waals surface area contributed by atoms with E-state index in [1.54, 1.807) is 0 Å². The number of carbonyl (C=O) groups is 2. The second-order valence-electron chi connectivity index (χ2n) is 6.44. The number of nitrogens with zero attached hydrogens (tertiary/aromatic N) is 1. The Hall–Kier alpha value is -1.10. The predicted molar refractivity (Wildman–Crippen MR) is 71.7 cm³/mol. The maximum Gasteiger partial charge on any atom is 0.303 e. The van der Waals surface area contributed by atoms with E-state index in [-0.39, 0.29) is 23.7 Å². The maximum atomic E-state index is 12.5. The molecule has 1 atom stereocenters. The van der Waals surface area contributed by atoms with Gasteiger partial charge in [-0.1, -0.05) is 13.8 Å². The van der Waals surface area contributed by atoms with Crippen LogP contribution in [-0.2, 0) is 9.59 Å². The highest BCUT2D eigenvalue weighted by Crippen LogP contribution is 2.36. The first kappa shape index (κ1) is 14.3. The normalized spacial score (nSPS) is 24.9. The van der Waals surface area contributed by atoms with Gasteiger partial charge in [0.2, 0.25) is 5.91 Å². The number of hydrogen-bond donors (Lipinski definition) is 2. The van der Waals surface area contributed by atoms with Gasteiger partial charge in [0.05, 0.1) is 6.42 Å². The van der Waals surface area contributed by atoms with E-state index in [0.717, 1.165) is 25.9 Å². The van der Waals surface area contributed by atoms with E-state index < -0.39 is 5.97 Å². The fraction of sp³-hybridized carbons (Fsp3) is 0.857. The van der Waals surface area contributed by atoms with Gasteiger partial charge in [0.1, 0.15) is 0 Å². The van der Waals surface area contributed by atoms with Crippen molar-refractivity contribution in [3.05, 3.63) is 0 Å². The number of rotatable bonds is 4. The number of nitrogens with one attached hydrogen (secondary N) is 1. The van der Waals surface area contributed by atoms with E-state index in [9.17, 15) is 9.59 Å². The number of amides is 1. The molecule has 2 aliphatic rings. The SMILES string of the molecule is CC(C)(C(=O)N1CC(CC(=O)O)C1)C1CCCNC1. The van der Waals surface area contributed by atoms with Crippen LogP contribution in [0.25, 0.3) is 0 Å². The van der Waals surface area contributed by atoms with E-state index >= 15 is 0 Å². The number of carboxylic acid groups (broad SMARTS) is 1. The third kappa shape index (κ3) is 3.08. The summed E-state index contributed by atoms with van der Waals surface area (Å²) in [6.07, 6.45) is 2.40. The number of carbonyl (C=O) groups excluding carboxylic acids is 1. The molecule has 1 amide bonds. The minimum atomic E-state index is -0.771. The fourth-order valence-electron chi connectivity index (χ4n) is 3.16. The Balaban J connectivity index is 1.87. The fourth-order valence-corrected chi connectivity index (χ4v) is 3.16. The molecule has 5 nitrogen and oxygen atoms in total. The summed E-state index contributed by atoms with van der Waals surface area (Å²) >= 11 is 0. The Kier molecular flexibility index (Phi) is 4.13. The van der Waals surface area contributed by atoms with Crippen molar-refractivity contribution in [3.63, 3.8) is 0 Å². The summed E-state index contributed by atoms with van der Waals surface area (Å²) in [7, 11) is 0. The molecule has 0 saturated carbocycles. The molecule has 0 spiro atoms. The van der Waals surface area contributed by atoms with E-state index in [0.29, 0.717) is 19.0 Å². The molecule has 0 aromatic carbocycles. The summed E-state index contributed by atoms with van der Waals surface area (Å²) in [4.78, 5) is 25.0. The van der Waals surface area contributed by atoms with Crippen molar-refractivity contribution in [2.45, 2.75) is 33.1 Å². The lowest BCUT2D eigenvalue weighted by molar-refractivity contribution is -0.153. The number of aliphatic carboxylic acids is 1. The Morgan fingerprint density at radius 3 is 2.58 bits per heavy atom. The van der Waals surface area contributed by atoms with Crippen LogP contribution in [0.4, 0.5) is 0 Å². The summed E-state index contributed by atoms with van der Waals surface area (Å²) in [5, 5.41) is 12.1. The molecule has 1 unspecified atom stereocenters. The van der Waals surface area contributed by atoms with Crippen LogP contribution >= 0.6 is 0 Å². The van der Waals surface area contributed by atoms with Crippen LogP contribution in [0.1, 0.15) is 33.1 Å². The Morgan fingerprint density at radius 2 is 2.05 bits per heavy atom. The molecule has 0 aromatic heterocycles. The van der Waals surface area contributed by atoms with Gasteiger partial charge in [0.25, 0.3) is 0 Å². The van der Waals surface area contributed by atoms with Gasteiger partial charge in [0.15, 0.2) is 0 Å². The molecule has 2 rings (SSSR count). The number of hydrogen-bond acceptors (Lipinski definition) is 3. The number of likely N-dealkylation sites (tertiary alicyclic amines) is 1. The minimum absolute atomic E-state index is 0.140. The zero-order chi connectivity index (χ0) is 14.0. The van der Waals surface area contributed by atoms with E-state index in [1.807, 2.05) is 18.7 Å². The van der Waals surface area contributed by atoms with Crippen LogP contribution in [0.2, 0.25) is 0 Å². The summed E-state index contributed by atoms with van der Waals surface area (Å²) in [5.41, 5.74) is -0.346. The average molecular weight is 268 g/mol. The third-order valence-corrected chi connectivity index (χ3v) is 4.58. The van der Waals surface area contributed by atoms with Gasteiger partial charge in [-0.25, -0.2) is 0 Å². The molecule has 2 saturated heterocycles. The highest BCUT2D eigenvalue weighted by atomic mass is 16.4. The molecule has 5 heteroatoms. The summed E-state index contributed by atoms with van der Waals surface area (Å²) in [6, 6.07) is 0. The van der Waals surface area contributed by atoms with Crippen molar-refractivity contribution in [3.8, 4) is 0 Å². The molecule has 19 heavy (non-hydrogen) atoms. The van der Waals surface area contributed by atoms with Gasteiger partial charge in [0, 0.05) is 24.4 Å². The molecular weight excluding hydrogens is 244 g/mol. The monoisotopic (exact) mass is 268 g/mol. The van der Waals surface area contributed by atoms with Crippen molar-refractivity contribution in [2.75, 3.05) is 26.2 Å². The highest BCUT2D eigenvalue weighted by molar-refractivity contribution is 5.83.